The van der Waals surface area contributed by atoms with Crippen LogP contribution < -0.4 is 10.6 Å². The summed E-state index contributed by atoms with van der Waals surface area (Å²) in [5, 5.41) is 7.40. The van der Waals surface area contributed by atoms with E-state index in [4.69, 9.17) is 35.4 Å². The molecule has 4 rings (SSSR count). The number of hydrogen-bond acceptors (Lipinski definition) is 4. The molecule has 0 saturated heterocycles. The Labute approximate surface area is 200 Å². The van der Waals surface area contributed by atoms with Gasteiger partial charge in [-0.05, 0) is 54.7 Å². The lowest BCUT2D eigenvalue weighted by Crippen LogP contribution is -2.34. The van der Waals surface area contributed by atoms with E-state index >= 15 is 0 Å². The lowest BCUT2D eigenvalue weighted by Gasteiger charge is -2.14. The maximum Gasteiger partial charge on any atom is 0.257 e. The second-order valence-corrected chi connectivity index (χ2v) is 9.41. The molecular weight excluding hydrogens is 525 g/mol. The number of halogens is 3. The fraction of sp³-hybridized carbons (Fsp3) is 0. The third-order valence-electron chi connectivity index (χ3n) is 4.13. The zero-order valence-corrected chi connectivity index (χ0v) is 19.8. The maximum absolute atomic E-state index is 12.5. The van der Waals surface area contributed by atoms with Crippen LogP contribution >= 0.6 is 62.7 Å². The third-order valence-corrected chi connectivity index (χ3v) is 6.42. The van der Waals surface area contributed by atoms with Crippen molar-refractivity contribution in [2.75, 3.05) is 5.32 Å². The molecule has 4 aromatic rings. The highest BCUT2D eigenvalue weighted by atomic mass is 79.9. The normalized spacial score (nSPS) is 10.8. The molecule has 1 amide bonds. The Kier molecular flexibility index (Phi) is 6.36. The van der Waals surface area contributed by atoms with Crippen LogP contribution in [0.3, 0.4) is 0 Å². The molecule has 0 bridgehead atoms. The van der Waals surface area contributed by atoms with Gasteiger partial charge < -0.3 is 5.32 Å². The van der Waals surface area contributed by atoms with E-state index in [0.717, 1.165) is 19.7 Å². The summed E-state index contributed by atoms with van der Waals surface area (Å²) in [5.41, 5.74) is 2.58. The molecule has 4 nitrogen and oxygen atoms in total. The van der Waals surface area contributed by atoms with Crippen LogP contribution in [0.25, 0.3) is 20.8 Å². The van der Waals surface area contributed by atoms with Gasteiger partial charge in [0.15, 0.2) is 5.11 Å². The highest BCUT2D eigenvalue weighted by molar-refractivity contribution is 9.10. The van der Waals surface area contributed by atoms with E-state index in [1.54, 1.807) is 30.3 Å². The quantitative estimate of drug-likeness (QED) is 0.273. The van der Waals surface area contributed by atoms with Gasteiger partial charge in [0.1, 0.15) is 5.01 Å². The van der Waals surface area contributed by atoms with Gasteiger partial charge in [-0.15, -0.1) is 11.3 Å². The van der Waals surface area contributed by atoms with Crippen LogP contribution in [0.4, 0.5) is 5.69 Å². The van der Waals surface area contributed by atoms with Crippen molar-refractivity contribution in [3.8, 4) is 10.6 Å². The van der Waals surface area contributed by atoms with Crippen LogP contribution in [0.5, 0.6) is 0 Å². The second kappa shape index (κ2) is 8.99. The molecule has 0 atom stereocenters. The summed E-state index contributed by atoms with van der Waals surface area (Å²) in [6.45, 7) is 0. The molecule has 2 N–H and O–H groups in total. The topological polar surface area (TPSA) is 54.0 Å². The molecule has 0 saturated carbocycles. The number of aromatic nitrogens is 1. The number of anilines is 1. The summed E-state index contributed by atoms with van der Waals surface area (Å²) in [6.07, 6.45) is 0. The number of nitrogens with zero attached hydrogens (tertiary/aromatic N) is 1. The van der Waals surface area contributed by atoms with E-state index in [9.17, 15) is 4.79 Å². The standard InChI is InChI=1S/C21H12BrCl2N3OS2/c22-12-5-3-4-11(8-12)19(28)27-21(29)26-18-14(9-13(23)10-15(18)24)20-25-16-6-1-2-7-17(16)30-20/h1-10H,(H2,26,27,28,29). The van der Waals surface area contributed by atoms with E-state index in [0.29, 0.717) is 26.9 Å². The van der Waals surface area contributed by atoms with Crippen LogP contribution in [-0.2, 0) is 0 Å². The number of thiazole rings is 1. The van der Waals surface area contributed by atoms with Crippen LogP contribution in [-0.4, -0.2) is 16.0 Å². The van der Waals surface area contributed by atoms with Crippen molar-refractivity contribution in [3.05, 3.63) is 80.7 Å². The molecule has 0 aliphatic heterocycles. The third kappa shape index (κ3) is 4.66. The smallest absolute Gasteiger partial charge is 0.257 e. The molecule has 1 aromatic heterocycles. The number of amides is 1. The molecular formula is C21H12BrCl2N3OS2. The molecule has 0 unspecified atom stereocenters. The number of carbonyl (C=O) groups excluding carboxylic acids is 1. The monoisotopic (exact) mass is 535 g/mol. The fourth-order valence-corrected chi connectivity index (χ4v) is 4.93. The van der Waals surface area contributed by atoms with Gasteiger partial charge in [-0.2, -0.15) is 0 Å². The van der Waals surface area contributed by atoms with Gasteiger partial charge in [-0.25, -0.2) is 4.98 Å². The van der Waals surface area contributed by atoms with Gasteiger partial charge in [-0.3, -0.25) is 10.1 Å². The number of benzene rings is 3. The summed E-state index contributed by atoms with van der Waals surface area (Å²) in [7, 11) is 0. The van der Waals surface area contributed by atoms with E-state index < -0.39 is 0 Å². The highest BCUT2D eigenvalue weighted by Gasteiger charge is 2.17. The van der Waals surface area contributed by atoms with Crippen molar-refractivity contribution < 1.29 is 4.79 Å². The largest absolute Gasteiger partial charge is 0.331 e. The molecule has 150 valence electrons. The predicted octanol–water partition coefficient (Wildman–Crippen LogP) is 7.16. The van der Waals surface area contributed by atoms with Gasteiger partial charge in [0, 0.05) is 20.6 Å². The summed E-state index contributed by atoms with van der Waals surface area (Å²) in [5.74, 6) is -0.333. The van der Waals surface area contributed by atoms with Crippen LogP contribution in [0.2, 0.25) is 10.0 Å². The number of hydrogen-bond donors (Lipinski definition) is 2. The first-order chi connectivity index (χ1) is 14.4. The van der Waals surface area contributed by atoms with Crippen LogP contribution in [0.1, 0.15) is 10.4 Å². The van der Waals surface area contributed by atoms with Crippen molar-refractivity contribution in [3.63, 3.8) is 0 Å². The molecule has 30 heavy (non-hydrogen) atoms. The number of nitrogens with one attached hydrogen (secondary N) is 2. The number of para-hydroxylation sites is 1. The first-order valence-corrected chi connectivity index (χ1v) is 11.4. The SMILES string of the molecule is O=C(NC(=S)Nc1c(Cl)cc(Cl)cc1-c1nc2ccccc2s1)c1cccc(Br)c1. The molecule has 0 aliphatic carbocycles. The summed E-state index contributed by atoms with van der Waals surface area (Å²) < 4.78 is 1.84. The van der Waals surface area contributed by atoms with Gasteiger partial charge in [-0.1, -0.05) is 57.3 Å². The first kappa shape index (κ1) is 21.2. The molecule has 9 heteroatoms. The first-order valence-electron chi connectivity index (χ1n) is 8.63. The Morgan fingerprint density at radius 3 is 2.63 bits per heavy atom. The Hall–Kier alpha value is -2.03. The molecule has 0 radical (unpaired) electrons. The minimum Gasteiger partial charge on any atom is -0.331 e. The Bertz CT molecular complexity index is 1260. The van der Waals surface area contributed by atoms with Gasteiger partial charge >= 0.3 is 0 Å². The summed E-state index contributed by atoms with van der Waals surface area (Å²) >= 11 is 22.9. The number of fused-ring (bicyclic) bond motifs is 1. The van der Waals surface area contributed by atoms with Crippen LogP contribution in [0.15, 0.2) is 65.1 Å². The van der Waals surface area contributed by atoms with Gasteiger partial charge in [0.05, 0.1) is 20.9 Å². The summed E-state index contributed by atoms with van der Waals surface area (Å²) in [4.78, 5) is 17.2. The number of thiocarbonyl (C=S) groups is 1. The maximum atomic E-state index is 12.5. The van der Waals surface area contributed by atoms with Gasteiger partial charge in [0.25, 0.3) is 5.91 Å². The second-order valence-electron chi connectivity index (χ2n) is 6.22. The van der Waals surface area contributed by atoms with Crippen LogP contribution in [0, 0.1) is 0 Å². The minimum absolute atomic E-state index is 0.117. The molecule has 1 heterocycles. The van der Waals surface area contributed by atoms with Crippen molar-refractivity contribution in [2.24, 2.45) is 0 Å². The Morgan fingerprint density at radius 1 is 1.07 bits per heavy atom. The lowest BCUT2D eigenvalue weighted by molar-refractivity contribution is 0.0977. The molecule has 0 spiro atoms. The van der Waals surface area contributed by atoms with E-state index in [2.05, 4.69) is 31.5 Å². The average molecular weight is 537 g/mol. The molecule has 3 aromatic carbocycles. The van der Waals surface area contributed by atoms with E-state index in [-0.39, 0.29) is 11.0 Å². The Balaban J connectivity index is 1.64. The lowest BCUT2D eigenvalue weighted by atomic mass is 10.2. The van der Waals surface area contributed by atoms with Gasteiger partial charge in [0.2, 0.25) is 0 Å². The minimum atomic E-state index is -0.333. The Morgan fingerprint density at radius 2 is 1.87 bits per heavy atom. The number of rotatable bonds is 3. The van der Waals surface area contributed by atoms with E-state index in [1.807, 2.05) is 30.3 Å². The van der Waals surface area contributed by atoms with Crippen molar-refractivity contribution in [1.29, 1.82) is 0 Å². The number of carbonyl (C=O) groups is 1. The highest BCUT2D eigenvalue weighted by Crippen LogP contribution is 2.40. The van der Waals surface area contributed by atoms with Crippen molar-refractivity contribution in [2.45, 2.75) is 0 Å². The zero-order chi connectivity index (χ0) is 21.3. The summed E-state index contributed by atoms with van der Waals surface area (Å²) in [6, 6.07) is 18.2. The predicted molar refractivity (Wildman–Crippen MR) is 133 cm³/mol. The molecule has 0 fully saturated rings. The van der Waals surface area contributed by atoms with E-state index in [1.165, 1.54) is 11.3 Å². The van der Waals surface area contributed by atoms with Crippen molar-refractivity contribution in [1.82, 2.24) is 10.3 Å². The molecule has 0 aliphatic rings. The average Bonchev–Trinajstić information content (AvgIpc) is 3.14. The zero-order valence-electron chi connectivity index (χ0n) is 15.1. The fourth-order valence-electron chi connectivity index (χ4n) is 2.81. The van der Waals surface area contributed by atoms with Crippen molar-refractivity contribution >= 4 is 89.6 Å².